The molecular formula is C14H18N2O3. The molecule has 0 spiro atoms. The highest BCUT2D eigenvalue weighted by molar-refractivity contribution is 5.98. The van der Waals surface area contributed by atoms with Crippen molar-refractivity contribution >= 4 is 11.7 Å². The van der Waals surface area contributed by atoms with Gasteiger partial charge in [-0.05, 0) is 38.1 Å². The largest absolute Gasteiger partial charge is 0.508 e. The van der Waals surface area contributed by atoms with Gasteiger partial charge in [0, 0.05) is 18.7 Å². The van der Waals surface area contributed by atoms with Gasteiger partial charge in [-0.25, -0.2) is 0 Å². The first-order valence-corrected chi connectivity index (χ1v) is 6.27. The number of phenolic OH excluding ortho intramolecular Hbond substituents is 1. The number of nitrogens with zero attached hydrogens (tertiary/aromatic N) is 1. The van der Waals surface area contributed by atoms with Crippen LogP contribution in [0.25, 0.3) is 0 Å². The van der Waals surface area contributed by atoms with E-state index in [1.165, 1.54) is 12.1 Å². The summed E-state index contributed by atoms with van der Waals surface area (Å²) < 4.78 is 0. The Labute approximate surface area is 112 Å². The lowest BCUT2D eigenvalue weighted by Gasteiger charge is -2.40. The van der Waals surface area contributed by atoms with Crippen molar-refractivity contribution < 1.29 is 14.7 Å². The minimum atomic E-state index is -0.676. The van der Waals surface area contributed by atoms with Crippen LogP contribution in [0.1, 0.15) is 24.2 Å². The number of hydrogen-bond acceptors (Lipinski definition) is 4. The summed E-state index contributed by atoms with van der Waals surface area (Å²) in [5.41, 5.74) is -0.134. The molecule has 0 aliphatic carbocycles. The molecule has 1 aliphatic rings. The number of aromatic hydroxyl groups is 1. The molecular weight excluding hydrogens is 244 g/mol. The van der Waals surface area contributed by atoms with E-state index < -0.39 is 5.54 Å². The van der Waals surface area contributed by atoms with Crippen LogP contribution in [-0.4, -0.2) is 46.9 Å². The van der Waals surface area contributed by atoms with Crippen LogP contribution >= 0.6 is 0 Å². The van der Waals surface area contributed by atoms with Crippen LogP contribution < -0.4 is 5.32 Å². The molecule has 1 amide bonds. The second-order valence-corrected chi connectivity index (χ2v) is 5.21. The summed E-state index contributed by atoms with van der Waals surface area (Å²) in [5.74, 6) is 0.0225. The van der Waals surface area contributed by atoms with Gasteiger partial charge in [0.25, 0.3) is 0 Å². The normalized spacial score (nSPS) is 18.9. The topological polar surface area (TPSA) is 69.6 Å². The lowest BCUT2D eigenvalue weighted by atomic mass is 9.97. The molecule has 5 heteroatoms. The number of amides is 1. The number of rotatable bonds is 3. The first kappa shape index (κ1) is 13.5. The van der Waals surface area contributed by atoms with E-state index in [-0.39, 0.29) is 24.0 Å². The summed E-state index contributed by atoms with van der Waals surface area (Å²) in [6, 6.07) is 6.16. The molecule has 1 fully saturated rings. The highest BCUT2D eigenvalue weighted by atomic mass is 16.3. The maximum absolute atomic E-state index is 12.2. The first-order chi connectivity index (χ1) is 8.91. The third-order valence-corrected chi connectivity index (χ3v) is 3.54. The Morgan fingerprint density at radius 2 is 2.00 bits per heavy atom. The number of Topliss-reactive ketones (excluding diaryl/α,β-unsaturated/α-hetero) is 1. The van der Waals surface area contributed by atoms with Gasteiger partial charge in [-0.15, -0.1) is 0 Å². The maximum Gasteiger partial charge on any atom is 0.240 e. The summed E-state index contributed by atoms with van der Waals surface area (Å²) in [5, 5.41) is 12.0. The number of piperazine rings is 1. The van der Waals surface area contributed by atoms with Gasteiger partial charge in [0.05, 0.1) is 12.1 Å². The SMILES string of the molecule is CC1(C)C(=O)NCCN1CC(=O)c1ccc(O)cc1. The van der Waals surface area contributed by atoms with Crippen LogP contribution in [0.2, 0.25) is 0 Å². The smallest absolute Gasteiger partial charge is 0.240 e. The molecule has 2 N–H and O–H groups in total. The Hall–Kier alpha value is -1.88. The average molecular weight is 262 g/mol. The quantitative estimate of drug-likeness (QED) is 0.790. The van der Waals surface area contributed by atoms with Crippen molar-refractivity contribution in [2.45, 2.75) is 19.4 Å². The number of benzene rings is 1. The van der Waals surface area contributed by atoms with E-state index >= 15 is 0 Å². The first-order valence-electron chi connectivity index (χ1n) is 6.27. The number of hydrogen-bond donors (Lipinski definition) is 2. The summed E-state index contributed by atoms with van der Waals surface area (Å²) in [7, 11) is 0. The summed E-state index contributed by atoms with van der Waals surface area (Å²) in [4.78, 5) is 25.8. The number of carbonyl (C=O) groups excluding carboxylic acids is 2. The van der Waals surface area contributed by atoms with Gasteiger partial charge in [-0.3, -0.25) is 14.5 Å². The Morgan fingerprint density at radius 1 is 1.37 bits per heavy atom. The molecule has 0 atom stereocenters. The van der Waals surface area contributed by atoms with E-state index in [4.69, 9.17) is 0 Å². The minimum Gasteiger partial charge on any atom is -0.508 e. The van der Waals surface area contributed by atoms with Gasteiger partial charge in [0.15, 0.2) is 5.78 Å². The molecule has 1 saturated heterocycles. The molecule has 1 aromatic carbocycles. The molecule has 102 valence electrons. The molecule has 0 bridgehead atoms. The van der Waals surface area contributed by atoms with E-state index in [1.54, 1.807) is 12.1 Å². The molecule has 1 aromatic rings. The highest BCUT2D eigenvalue weighted by Crippen LogP contribution is 2.18. The zero-order chi connectivity index (χ0) is 14.0. The third-order valence-electron chi connectivity index (χ3n) is 3.54. The minimum absolute atomic E-state index is 0.0530. The molecule has 0 aromatic heterocycles. The molecule has 0 radical (unpaired) electrons. The zero-order valence-corrected chi connectivity index (χ0v) is 11.1. The Balaban J connectivity index is 2.10. The Bertz CT molecular complexity index is 494. The van der Waals surface area contributed by atoms with E-state index in [0.717, 1.165) is 0 Å². The van der Waals surface area contributed by atoms with Crippen molar-refractivity contribution in [1.29, 1.82) is 0 Å². The monoisotopic (exact) mass is 262 g/mol. The van der Waals surface area contributed by atoms with Crippen molar-refractivity contribution in [3.63, 3.8) is 0 Å². The number of nitrogens with one attached hydrogen (secondary N) is 1. The van der Waals surface area contributed by atoms with Crippen molar-refractivity contribution in [2.24, 2.45) is 0 Å². The van der Waals surface area contributed by atoms with Crippen LogP contribution in [0.15, 0.2) is 24.3 Å². The standard InChI is InChI=1S/C14H18N2O3/c1-14(2)13(19)15-7-8-16(14)9-12(18)10-3-5-11(17)6-4-10/h3-6,17H,7-9H2,1-2H3,(H,15,19). The predicted octanol–water partition coefficient (Wildman–Crippen LogP) is 0.785. The van der Waals surface area contributed by atoms with Gasteiger partial charge in [0.1, 0.15) is 5.75 Å². The van der Waals surface area contributed by atoms with Crippen molar-refractivity contribution in [3.8, 4) is 5.75 Å². The van der Waals surface area contributed by atoms with E-state index in [1.807, 2.05) is 18.7 Å². The number of phenols is 1. The fourth-order valence-corrected chi connectivity index (χ4v) is 2.13. The van der Waals surface area contributed by atoms with E-state index in [0.29, 0.717) is 18.7 Å². The van der Waals surface area contributed by atoms with Crippen LogP contribution in [0.3, 0.4) is 0 Å². The Morgan fingerprint density at radius 3 is 2.63 bits per heavy atom. The van der Waals surface area contributed by atoms with Gasteiger partial charge < -0.3 is 10.4 Å². The van der Waals surface area contributed by atoms with Gasteiger partial charge in [0.2, 0.25) is 5.91 Å². The van der Waals surface area contributed by atoms with Gasteiger partial charge in [-0.1, -0.05) is 0 Å². The van der Waals surface area contributed by atoms with Crippen molar-refractivity contribution in [3.05, 3.63) is 29.8 Å². The van der Waals surface area contributed by atoms with Crippen LogP contribution in [0, 0.1) is 0 Å². The third kappa shape index (κ3) is 2.76. The average Bonchev–Trinajstić information content (AvgIpc) is 2.36. The molecule has 19 heavy (non-hydrogen) atoms. The zero-order valence-electron chi connectivity index (χ0n) is 11.1. The van der Waals surface area contributed by atoms with E-state index in [9.17, 15) is 14.7 Å². The van der Waals surface area contributed by atoms with Crippen LogP contribution in [-0.2, 0) is 4.79 Å². The van der Waals surface area contributed by atoms with Gasteiger partial charge >= 0.3 is 0 Å². The Kier molecular flexibility index (Phi) is 3.57. The van der Waals surface area contributed by atoms with Crippen LogP contribution in [0.5, 0.6) is 5.75 Å². The fraction of sp³-hybridized carbons (Fsp3) is 0.429. The second-order valence-electron chi connectivity index (χ2n) is 5.21. The highest BCUT2D eigenvalue weighted by Gasteiger charge is 2.38. The summed E-state index contributed by atoms with van der Waals surface area (Å²) >= 11 is 0. The maximum atomic E-state index is 12.2. The van der Waals surface area contributed by atoms with Crippen molar-refractivity contribution in [1.82, 2.24) is 10.2 Å². The van der Waals surface area contributed by atoms with E-state index in [2.05, 4.69) is 5.32 Å². The summed E-state index contributed by atoms with van der Waals surface area (Å²) in [6.45, 7) is 5.04. The molecule has 0 saturated carbocycles. The number of carbonyl (C=O) groups is 2. The number of ketones is 1. The molecule has 2 rings (SSSR count). The van der Waals surface area contributed by atoms with Crippen molar-refractivity contribution in [2.75, 3.05) is 19.6 Å². The second kappa shape index (κ2) is 5.01. The molecule has 0 unspecified atom stereocenters. The fourth-order valence-electron chi connectivity index (χ4n) is 2.13. The lowest BCUT2D eigenvalue weighted by Crippen LogP contribution is -2.62. The van der Waals surface area contributed by atoms with Gasteiger partial charge in [-0.2, -0.15) is 0 Å². The van der Waals surface area contributed by atoms with Crippen LogP contribution in [0.4, 0.5) is 0 Å². The molecule has 5 nitrogen and oxygen atoms in total. The predicted molar refractivity (Wildman–Crippen MR) is 71.1 cm³/mol. The lowest BCUT2D eigenvalue weighted by molar-refractivity contribution is -0.134. The molecule has 1 heterocycles. The molecule has 1 aliphatic heterocycles. The summed E-state index contributed by atoms with van der Waals surface area (Å²) in [6.07, 6.45) is 0.